The van der Waals surface area contributed by atoms with Crippen molar-refractivity contribution < 1.29 is 50.5 Å². The van der Waals surface area contributed by atoms with Gasteiger partial charge >= 0.3 is 21.1 Å². The molecular weight excluding hydrogens is 367 g/mol. The zero-order valence-corrected chi connectivity index (χ0v) is 8.19. The molecule has 0 aromatic heterocycles. The molecule has 2 amide bonds. The number of hydrogen-bond donors (Lipinski definition) is 2. The third-order valence-corrected chi connectivity index (χ3v) is 0.402. The van der Waals surface area contributed by atoms with Gasteiger partial charge in [-0.3, -0.25) is 9.59 Å². The van der Waals surface area contributed by atoms with Crippen LogP contribution in [0.4, 0.5) is 0 Å². The van der Waals surface area contributed by atoms with Gasteiger partial charge in [-0.2, -0.15) is 0 Å². The van der Waals surface area contributed by atoms with Gasteiger partial charge in [0.25, 0.3) is 11.8 Å². The molecule has 13 heavy (non-hydrogen) atoms. The first-order valence-electron chi connectivity index (χ1n) is 2.30. The molecule has 4 N–H and O–H groups in total. The molecule has 0 unspecified atom stereocenters. The minimum Gasteiger partial charge on any atom is -0.540 e. The molecule has 0 aliphatic heterocycles. The van der Waals surface area contributed by atoms with E-state index < -0.39 is 23.8 Å². The van der Waals surface area contributed by atoms with Gasteiger partial charge in [0.1, 0.15) is 11.9 Å². The summed E-state index contributed by atoms with van der Waals surface area (Å²) in [6.07, 6.45) is 0. The average molecular weight is 371 g/mol. The van der Waals surface area contributed by atoms with Crippen molar-refractivity contribution in [3.63, 3.8) is 0 Å². The van der Waals surface area contributed by atoms with E-state index in [1.807, 2.05) is 0 Å². The Kier molecular flexibility index (Phi) is 11.7. The average Bonchev–Trinajstić information content (AvgIpc) is 1.88. The quantitative estimate of drug-likeness (QED) is 0.403. The van der Waals surface area contributed by atoms with Gasteiger partial charge in [-0.1, -0.05) is 0 Å². The summed E-state index contributed by atoms with van der Waals surface area (Å²) in [7, 11) is 0. The normalized spacial score (nSPS) is 6.77. The van der Waals surface area contributed by atoms with E-state index >= 15 is 0 Å². The summed E-state index contributed by atoms with van der Waals surface area (Å²) in [5.41, 5.74) is 8.27. The van der Waals surface area contributed by atoms with Crippen molar-refractivity contribution in [1.29, 1.82) is 0 Å². The molecule has 0 aliphatic rings. The first kappa shape index (κ1) is 17.6. The molecule has 0 heterocycles. The van der Waals surface area contributed by atoms with Gasteiger partial charge in [0.2, 0.25) is 0 Å². The molecule has 0 rings (SSSR count). The molecule has 0 aromatic rings. The van der Waals surface area contributed by atoms with E-state index in [0.29, 0.717) is 0 Å². The molecule has 0 atom stereocenters. The zero-order chi connectivity index (χ0) is 10.3. The van der Waals surface area contributed by atoms with Crippen LogP contribution in [0.2, 0.25) is 0 Å². The van der Waals surface area contributed by atoms with Gasteiger partial charge in [-0.05, 0) is 0 Å². The monoisotopic (exact) mass is 371 g/mol. The predicted molar refractivity (Wildman–Crippen MR) is 28.4 cm³/mol. The Balaban J connectivity index is -0.000000143. The van der Waals surface area contributed by atoms with Gasteiger partial charge in [0.15, 0.2) is 0 Å². The summed E-state index contributed by atoms with van der Waals surface area (Å²) in [5.74, 6) is -6.57. The molecule has 0 fully saturated rings. The smallest absolute Gasteiger partial charge is 0.540 e. The van der Waals surface area contributed by atoms with E-state index in [-0.39, 0.29) is 21.1 Å². The topological polar surface area (TPSA) is 166 Å². The molecule has 0 saturated heterocycles. The summed E-state index contributed by atoms with van der Waals surface area (Å²) in [6, 6.07) is 0. The van der Waals surface area contributed by atoms with Crippen molar-refractivity contribution in [2.24, 2.45) is 11.5 Å². The van der Waals surface area contributed by atoms with Gasteiger partial charge in [0, 0.05) is 0 Å². The van der Waals surface area contributed by atoms with Gasteiger partial charge < -0.3 is 31.3 Å². The van der Waals surface area contributed by atoms with Crippen molar-refractivity contribution in [2.45, 2.75) is 0 Å². The molecule has 0 spiro atoms. The maximum Gasteiger partial charge on any atom is 2.00 e. The van der Waals surface area contributed by atoms with Gasteiger partial charge in [-0.25, -0.2) is 0 Å². The Morgan fingerprint density at radius 1 is 0.769 bits per heavy atom. The van der Waals surface area contributed by atoms with E-state index in [1.54, 1.807) is 0 Å². The molecule has 76 valence electrons. The number of carboxylic acid groups (broad SMARTS) is 2. The predicted octanol–water partition coefficient (Wildman–Crippen LogP) is -5.56. The molecule has 8 nitrogen and oxygen atoms in total. The van der Waals surface area contributed by atoms with Crippen molar-refractivity contribution >= 4 is 23.8 Å². The van der Waals surface area contributed by atoms with E-state index in [1.165, 1.54) is 0 Å². The maximum atomic E-state index is 9.26. The number of aliphatic carboxylic acids is 2. The standard InChI is InChI=1S/2C2H3NO3.Pt/c2*3-1(4)2(5)6;/h2*(H2,3,4)(H,5,6);/q;;+2/p-2. The minimum atomic E-state index is -1.85. The van der Waals surface area contributed by atoms with Crippen molar-refractivity contribution in [1.82, 2.24) is 0 Å². The second-order valence-corrected chi connectivity index (χ2v) is 1.30. The van der Waals surface area contributed by atoms with Crippen LogP contribution in [0.5, 0.6) is 0 Å². The minimum absolute atomic E-state index is 0. The second kappa shape index (κ2) is 8.66. The number of amides is 2. The fraction of sp³-hybridized carbons (Fsp3) is 0. The summed E-state index contributed by atoms with van der Waals surface area (Å²) >= 11 is 0. The SMILES string of the molecule is NC(=O)C(=O)[O-].NC(=O)C(=O)[O-].[Pt+2]. The van der Waals surface area contributed by atoms with E-state index in [4.69, 9.17) is 19.8 Å². The second-order valence-electron chi connectivity index (χ2n) is 1.30. The van der Waals surface area contributed by atoms with E-state index in [9.17, 15) is 9.59 Å². The first-order valence-corrected chi connectivity index (χ1v) is 2.30. The number of primary amides is 2. The molecular formula is C4H4N2O6Pt. The van der Waals surface area contributed by atoms with Crippen LogP contribution in [0.25, 0.3) is 0 Å². The molecule has 0 radical (unpaired) electrons. The zero-order valence-electron chi connectivity index (χ0n) is 5.92. The Morgan fingerprint density at radius 2 is 0.846 bits per heavy atom. The Hall–Kier alpha value is -1.43. The largest absolute Gasteiger partial charge is 2.00 e. The van der Waals surface area contributed by atoms with E-state index in [0.717, 1.165) is 0 Å². The molecule has 0 aromatic carbocycles. The molecule has 0 bridgehead atoms. The van der Waals surface area contributed by atoms with Crippen LogP contribution < -0.4 is 21.7 Å². The Labute approximate surface area is 86.1 Å². The van der Waals surface area contributed by atoms with E-state index in [2.05, 4.69) is 11.5 Å². The van der Waals surface area contributed by atoms with Crippen molar-refractivity contribution in [2.75, 3.05) is 0 Å². The van der Waals surface area contributed by atoms with Crippen LogP contribution in [0.1, 0.15) is 0 Å². The Bertz CT molecular complexity index is 179. The number of carbonyl (C=O) groups excluding carboxylic acids is 4. The van der Waals surface area contributed by atoms with Crippen molar-refractivity contribution in [3.05, 3.63) is 0 Å². The summed E-state index contributed by atoms with van der Waals surface area (Å²) in [6.45, 7) is 0. The van der Waals surface area contributed by atoms with Crippen LogP contribution in [-0.2, 0) is 40.2 Å². The van der Waals surface area contributed by atoms with Crippen LogP contribution >= 0.6 is 0 Å². The third kappa shape index (κ3) is 18.0. The number of nitrogens with two attached hydrogens (primary N) is 2. The number of hydrogen-bond acceptors (Lipinski definition) is 6. The fourth-order valence-corrected chi connectivity index (χ4v) is 0. The fourth-order valence-electron chi connectivity index (χ4n) is 0. The summed E-state index contributed by atoms with van der Waals surface area (Å²) < 4.78 is 0. The maximum absolute atomic E-state index is 9.26. The van der Waals surface area contributed by atoms with Gasteiger partial charge in [0.05, 0.1) is 0 Å². The molecule has 9 heteroatoms. The Morgan fingerprint density at radius 3 is 0.846 bits per heavy atom. The first-order chi connectivity index (χ1) is 5.29. The van der Waals surface area contributed by atoms with Crippen LogP contribution in [-0.4, -0.2) is 23.8 Å². The van der Waals surface area contributed by atoms with Crippen LogP contribution in [0.3, 0.4) is 0 Å². The summed E-state index contributed by atoms with van der Waals surface area (Å²) in [4.78, 5) is 36.7. The van der Waals surface area contributed by atoms with Gasteiger partial charge in [-0.15, -0.1) is 0 Å². The van der Waals surface area contributed by atoms with Crippen LogP contribution in [0, 0.1) is 0 Å². The van der Waals surface area contributed by atoms with Crippen molar-refractivity contribution in [3.8, 4) is 0 Å². The van der Waals surface area contributed by atoms with Crippen LogP contribution in [0.15, 0.2) is 0 Å². The molecule has 0 saturated carbocycles. The summed E-state index contributed by atoms with van der Waals surface area (Å²) in [5, 5.41) is 18.2. The third-order valence-electron chi connectivity index (χ3n) is 0.402. The number of carboxylic acids is 2. The number of carbonyl (C=O) groups is 4. The number of rotatable bonds is 0. The molecule has 0 aliphatic carbocycles.